The van der Waals surface area contributed by atoms with Gasteiger partial charge in [0.1, 0.15) is 0 Å². The lowest BCUT2D eigenvalue weighted by Gasteiger charge is -1.48. The first-order chi connectivity index (χ1) is 2.91. The summed E-state index contributed by atoms with van der Waals surface area (Å²) < 4.78 is 0. The molecule has 0 unspecified atom stereocenters. The monoisotopic (exact) mass is 81.0 g/mol. The van der Waals surface area contributed by atoms with Crippen LogP contribution in [-0.2, 0) is 0 Å². The van der Waals surface area contributed by atoms with Crippen molar-refractivity contribution >= 4 is 0 Å². The maximum Gasteiger partial charge on any atom is 0.0426 e. The van der Waals surface area contributed by atoms with Crippen molar-refractivity contribution in [2.45, 2.75) is 0 Å². The largest absolute Gasteiger partial charge is 0.127 e. The minimum absolute atomic E-state index is 1.15. The van der Waals surface area contributed by atoms with Gasteiger partial charge in [-0.1, -0.05) is 11.7 Å². The Balaban J connectivity index is 3.64. The summed E-state index contributed by atoms with van der Waals surface area (Å²) in [6, 6.07) is 0. The summed E-state index contributed by atoms with van der Waals surface area (Å²) in [5.41, 5.74) is 9.83. The predicted octanol–water partition coefficient (Wildman–Crippen LogP) is 1.60. The van der Waals surface area contributed by atoms with Crippen LogP contribution in [0.25, 0.3) is 10.4 Å². The fourth-order valence-electron chi connectivity index (χ4n) is 0.0666. The third-order valence-corrected chi connectivity index (χ3v) is 0.201. The van der Waals surface area contributed by atoms with E-state index in [1.54, 1.807) is 0 Å². The van der Waals surface area contributed by atoms with E-state index in [1.807, 2.05) is 0 Å². The fourth-order valence-corrected chi connectivity index (χ4v) is 0.0666. The van der Waals surface area contributed by atoms with Gasteiger partial charge < -0.3 is 0 Å². The molecule has 0 radical (unpaired) electrons. The second-order valence-corrected chi connectivity index (χ2v) is 0.538. The molecule has 0 aliphatic heterocycles. The van der Waals surface area contributed by atoms with Crippen molar-refractivity contribution in [3.8, 4) is 0 Å². The van der Waals surface area contributed by atoms with Crippen LogP contribution in [0.3, 0.4) is 0 Å². The van der Waals surface area contributed by atoms with E-state index >= 15 is 0 Å². The van der Waals surface area contributed by atoms with Crippen LogP contribution in [0.4, 0.5) is 0 Å². The zero-order valence-electron chi connectivity index (χ0n) is 3.13. The zero-order chi connectivity index (χ0) is 4.83. The summed E-state index contributed by atoms with van der Waals surface area (Å²) in [5.74, 6) is 0. The van der Waals surface area contributed by atoms with Crippen molar-refractivity contribution in [3.63, 3.8) is 0 Å². The minimum atomic E-state index is 1.15. The highest BCUT2D eigenvalue weighted by Gasteiger charge is 1.43. The summed E-state index contributed by atoms with van der Waals surface area (Å²) in [6.07, 6.45) is 1.15. The highest BCUT2D eigenvalue weighted by Crippen LogP contribution is 1.64. The van der Waals surface area contributed by atoms with E-state index < -0.39 is 0 Å². The van der Waals surface area contributed by atoms with Gasteiger partial charge in [0.2, 0.25) is 0 Å². The van der Waals surface area contributed by atoms with E-state index in [-0.39, 0.29) is 0 Å². The van der Waals surface area contributed by atoms with Crippen LogP contribution in [0, 0.1) is 0 Å². The smallest absolute Gasteiger partial charge is 0.0426 e. The Morgan fingerprint density at radius 3 is 2.83 bits per heavy atom. The average molecular weight is 81.1 g/mol. The van der Waals surface area contributed by atoms with Crippen molar-refractivity contribution in [2.75, 3.05) is 0 Å². The molecule has 0 saturated heterocycles. The summed E-state index contributed by atoms with van der Waals surface area (Å²) in [6.45, 7) is 3.15. The second kappa shape index (κ2) is 3.83. The first-order valence-corrected chi connectivity index (χ1v) is 1.30. The predicted molar refractivity (Wildman–Crippen MR) is 22.9 cm³/mol. The number of hydrogen-bond donors (Lipinski definition) is 0. The van der Waals surface area contributed by atoms with E-state index in [0.29, 0.717) is 0 Å². The van der Waals surface area contributed by atoms with E-state index in [0.717, 1.165) is 6.20 Å². The van der Waals surface area contributed by atoms with Gasteiger partial charge in [-0.05, 0) is 5.53 Å². The van der Waals surface area contributed by atoms with Gasteiger partial charge >= 0.3 is 0 Å². The summed E-state index contributed by atoms with van der Waals surface area (Å²) in [4.78, 5) is 2.39. The molecule has 30 valence electrons. The third kappa shape index (κ3) is 2.83. The van der Waals surface area contributed by atoms with Crippen molar-refractivity contribution in [1.82, 2.24) is 0 Å². The van der Waals surface area contributed by atoms with E-state index in [9.17, 15) is 0 Å². The molecule has 3 heteroatoms. The zero-order valence-corrected chi connectivity index (χ0v) is 3.13. The third-order valence-electron chi connectivity index (χ3n) is 0.201. The van der Waals surface area contributed by atoms with Gasteiger partial charge in [-0.25, -0.2) is 0 Å². The van der Waals surface area contributed by atoms with Crippen LogP contribution in [-0.4, -0.2) is 0 Å². The Morgan fingerprint density at radius 1 is 2.00 bits per heavy atom. The molecule has 0 N–H and O–H groups in total. The lowest BCUT2D eigenvalue weighted by molar-refractivity contribution is 1.52. The van der Waals surface area contributed by atoms with Crippen LogP contribution in [0.1, 0.15) is 0 Å². The molecule has 0 saturated carbocycles. The Bertz CT molecular complexity index is 98.0. The van der Waals surface area contributed by atoms with Crippen molar-refractivity contribution < 1.29 is 0 Å². The van der Waals surface area contributed by atoms with Crippen LogP contribution >= 0.6 is 0 Å². The average Bonchev–Trinajstić information content (AvgIpc) is 1.61. The molecule has 0 amide bonds. The fraction of sp³-hybridized carbons (Fsp3) is 0. The van der Waals surface area contributed by atoms with Gasteiger partial charge in [-0.15, -0.1) is 5.73 Å². The molecular formula is C3H3N3. The molecule has 0 aromatic carbocycles. The molecule has 0 fully saturated rings. The lowest BCUT2D eigenvalue weighted by atomic mass is 10.9. The molecular weight excluding hydrogens is 78.1 g/mol. The molecule has 0 heterocycles. The van der Waals surface area contributed by atoms with Gasteiger partial charge in [0.15, 0.2) is 0 Å². The number of rotatable bonds is 1. The molecule has 0 aromatic heterocycles. The topological polar surface area (TPSA) is 48.8 Å². The van der Waals surface area contributed by atoms with Gasteiger partial charge in [0.25, 0.3) is 0 Å². The van der Waals surface area contributed by atoms with Crippen LogP contribution in [0.5, 0.6) is 0 Å². The molecule has 0 spiro atoms. The minimum Gasteiger partial charge on any atom is -0.127 e. The Hall–Kier alpha value is -1.17. The molecule has 6 heavy (non-hydrogen) atoms. The van der Waals surface area contributed by atoms with Crippen molar-refractivity contribution in [1.29, 1.82) is 0 Å². The van der Waals surface area contributed by atoms with Gasteiger partial charge in [-0.3, -0.25) is 0 Å². The Labute approximate surface area is 35.2 Å². The van der Waals surface area contributed by atoms with E-state index in [4.69, 9.17) is 5.53 Å². The quantitative estimate of drug-likeness (QED) is 0.199. The summed E-state index contributed by atoms with van der Waals surface area (Å²) in [5, 5.41) is 2.97. The first kappa shape index (κ1) is 4.83. The highest BCUT2D eigenvalue weighted by molar-refractivity contribution is 4.72. The second-order valence-electron chi connectivity index (χ2n) is 0.538. The normalized spacial score (nSPS) is 4.67. The van der Waals surface area contributed by atoms with Crippen molar-refractivity contribution in [2.24, 2.45) is 5.11 Å². The molecule has 0 atom stereocenters. The van der Waals surface area contributed by atoms with Gasteiger partial charge in [0, 0.05) is 11.1 Å². The maximum absolute atomic E-state index is 7.56. The molecule has 0 aliphatic carbocycles. The van der Waals surface area contributed by atoms with Gasteiger partial charge in [-0.2, -0.15) is 0 Å². The van der Waals surface area contributed by atoms with Crippen LogP contribution in [0.15, 0.2) is 23.6 Å². The van der Waals surface area contributed by atoms with Gasteiger partial charge in [0.05, 0.1) is 0 Å². The Morgan fingerprint density at radius 2 is 2.67 bits per heavy atom. The molecule has 0 aromatic rings. The first-order valence-electron chi connectivity index (χ1n) is 1.30. The summed E-state index contributed by atoms with van der Waals surface area (Å²) >= 11 is 0. The maximum atomic E-state index is 7.56. The highest BCUT2D eigenvalue weighted by atomic mass is 15.1. The molecule has 0 bridgehead atoms. The number of nitrogens with zero attached hydrogens (tertiary/aromatic N) is 3. The van der Waals surface area contributed by atoms with E-state index in [2.05, 4.69) is 22.3 Å². The molecule has 0 aliphatic rings. The van der Waals surface area contributed by atoms with Crippen LogP contribution < -0.4 is 0 Å². The molecule has 0 rings (SSSR count). The van der Waals surface area contributed by atoms with Crippen molar-refractivity contribution in [3.05, 3.63) is 29.0 Å². The Kier molecular flexibility index (Phi) is 3.08. The lowest BCUT2D eigenvalue weighted by Crippen LogP contribution is -1.27. The van der Waals surface area contributed by atoms with E-state index in [1.165, 1.54) is 0 Å². The number of azide groups is 1. The SMILES string of the molecule is C=C=CN=[N+]=[N-]. The standard InChI is InChI=1S/C3H3N3/c1-2-3-5-6-4/h3H,1H2. The summed E-state index contributed by atoms with van der Waals surface area (Å²) in [7, 11) is 0. The molecule has 3 nitrogen and oxygen atoms in total. The van der Waals surface area contributed by atoms with Crippen LogP contribution in [0.2, 0.25) is 0 Å². The number of hydrogen-bond acceptors (Lipinski definition) is 1.